The summed E-state index contributed by atoms with van der Waals surface area (Å²) in [6.07, 6.45) is 9.92. The minimum Gasteiger partial charge on any atom is -0.321 e. The van der Waals surface area contributed by atoms with Crippen molar-refractivity contribution in [2.45, 2.75) is 33.1 Å². The van der Waals surface area contributed by atoms with Crippen molar-refractivity contribution in [3.05, 3.63) is 149 Å². The molecule has 3 nitrogen and oxygen atoms in total. The van der Waals surface area contributed by atoms with E-state index in [0.29, 0.717) is 36.1 Å². The SMILES string of the molecule is CCC(CCc1ccc(C)c(C(=O)C2=C[CH]2)c1)=C1C(=O)Nc2cc(F)c(-c3ccc(-c4ccccc4C4=C[CH]4)cc3)cc21. The number of amides is 1. The second-order valence-electron chi connectivity index (χ2n) is 11.3. The highest BCUT2D eigenvalue weighted by atomic mass is 19.1. The molecule has 2 radical (unpaired) electrons. The fraction of sp³-hybridized carbons (Fsp3) is 0.128. The molecule has 0 bridgehead atoms. The zero-order valence-electron chi connectivity index (χ0n) is 24.1. The number of carbonyl (C=O) groups excluding carboxylic acids is 2. The number of aryl methyl sites for hydroxylation is 2. The maximum absolute atomic E-state index is 15.4. The molecule has 3 aliphatic rings. The van der Waals surface area contributed by atoms with Crippen LogP contribution < -0.4 is 5.32 Å². The number of benzene rings is 4. The van der Waals surface area contributed by atoms with E-state index in [0.717, 1.165) is 50.1 Å². The van der Waals surface area contributed by atoms with Gasteiger partial charge >= 0.3 is 0 Å². The zero-order valence-corrected chi connectivity index (χ0v) is 24.1. The first-order valence-electron chi connectivity index (χ1n) is 14.7. The molecule has 0 saturated carbocycles. The van der Waals surface area contributed by atoms with E-state index in [1.165, 1.54) is 17.2 Å². The molecule has 1 aliphatic heterocycles. The van der Waals surface area contributed by atoms with Gasteiger partial charge in [0, 0.05) is 40.7 Å². The van der Waals surface area contributed by atoms with Crippen molar-refractivity contribution >= 4 is 28.5 Å². The number of carbonyl (C=O) groups is 2. The molecular weight excluding hydrogens is 533 g/mol. The van der Waals surface area contributed by atoms with Crippen LogP contribution in [0.3, 0.4) is 0 Å². The number of rotatable bonds is 9. The Kier molecular flexibility index (Phi) is 6.78. The zero-order chi connectivity index (χ0) is 29.7. The van der Waals surface area contributed by atoms with Crippen LogP contribution in [0.2, 0.25) is 0 Å². The molecule has 210 valence electrons. The van der Waals surface area contributed by atoms with Gasteiger partial charge in [-0.3, -0.25) is 9.59 Å². The molecule has 0 atom stereocenters. The summed E-state index contributed by atoms with van der Waals surface area (Å²) in [6.45, 7) is 4.00. The predicted octanol–water partition coefficient (Wildman–Crippen LogP) is 9.14. The number of anilines is 1. The van der Waals surface area contributed by atoms with Crippen molar-refractivity contribution in [3.8, 4) is 22.3 Å². The standard InChI is InChI=1S/C39H30FNO2/c1-3-25(11-10-24-9-8-23(2)32(20-24)38(42)29-18-19-29)37-34-21-33(35(40)22-36(34)41-39(37)43)28-16-14-27(15-17-28)31-7-5-4-6-30(31)26-12-13-26/h4-9,12-22H,3,10-11H2,1-2H3,(H,41,43). The van der Waals surface area contributed by atoms with Crippen molar-refractivity contribution < 1.29 is 14.0 Å². The number of allylic oxidation sites excluding steroid dienone is 5. The van der Waals surface area contributed by atoms with Crippen LogP contribution in [-0.4, -0.2) is 11.7 Å². The van der Waals surface area contributed by atoms with E-state index >= 15 is 4.39 Å². The van der Waals surface area contributed by atoms with E-state index in [-0.39, 0.29) is 17.5 Å². The number of Topliss-reactive ketones (excluding diaryl/α,β-unsaturated/α-hetero) is 1. The maximum Gasteiger partial charge on any atom is 0.256 e. The lowest BCUT2D eigenvalue weighted by atomic mass is 9.91. The lowest BCUT2D eigenvalue weighted by molar-refractivity contribution is -0.110. The summed E-state index contributed by atoms with van der Waals surface area (Å²) in [5.41, 5.74) is 12.2. The number of fused-ring (bicyclic) bond motifs is 1. The highest BCUT2D eigenvalue weighted by Crippen LogP contribution is 2.41. The van der Waals surface area contributed by atoms with Crippen molar-refractivity contribution in [1.29, 1.82) is 0 Å². The highest BCUT2D eigenvalue weighted by molar-refractivity contribution is 6.32. The second kappa shape index (κ2) is 10.8. The fourth-order valence-corrected chi connectivity index (χ4v) is 5.99. The quantitative estimate of drug-likeness (QED) is 0.163. The summed E-state index contributed by atoms with van der Waals surface area (Å²) in [4.78, 5) is 25.9. The molecule has 0 aromatic heterocycles. The smallest absolute Gasteiger partial charge is 0.256 e. The van der Waals surface area contributed by atoms with Crippen molar-refractivity contribution in [3.63, 3.8) is 0 Å². The van der Waals surface area contributed by atoms with Gasteiger partial charge in [-0.05, 0) is 83.3 Å². The molecule has 4 aromatic carbocycles. The monoisotopic (exact) mass is 563 g/mol. The Hall–Kier alpha value is -4.83. The Bertz CT molecular complexity index is 1920. The Labute approximate surface area is 251 Å². The molecule has 7 rings (SSSR count). The maximum atomic E-state index is 15.4. The molecule has 43 heavy (non-hydrogen) atoms. The summed E-state index contributed by atoms with van der Waals surface area (Å²) in [5, 5.41) is 2.88. The Morgan fingerprint density at radius 2 is 1.51 bits per heavy atom. The second-order valence-corrected chi connectivity index (χ2v) is 11.3. The van der Waals surface area contributed by atoms with E-state index in [4.69, 9.17) is 0 Å². The van der Waals surface area contributed by atoms with Gasteiger partial charge in [0.05, 0.1) is 5.69 Å². The first-order chi connectivity index (χ1) is 20.9. The van der Waals surface area contributed by atoms with Crippen LogP contribution in [0.25, 0.3) is 33.4 Å². The minimum atomic E-state index is -0.371. The number of halogens is 1. The Balaban J connectivity index is 1.18. The van der Waals surface area contributed by atoms with Gasteiger partial charge in [-0.2, -0.15) is 0 Å². The van der Waals surface area contributed by atoms with Gasteiger partial charge in [0.1, 0.15) is 5.82 Å². The molecule has 0 fully saturated rings. The average Bonchev–Trinajstić information content (AvgIpc) is 3.95. The van der Waals surface area contributed by atoms with Crippen LogP contribution in [0.1, 0.15) is 52.4 Å². The van der Waals surface area contributed by atoms with Crippen molar-refractivity contribution in [2.24, 2.45) is 0 Å². The summed E-state index contributed by atoms with van der Waals surface area (Å²) < 4.78 is 15.4. The van der Waals surface area contributed by atoms with Crippen molar-refractivity contribution in [1.82, 2.24) is 0 Å². The van der Waals surface area contributed by atoms with Gasteiger partial charge in [-0.1, -0.05) is 85.3 Å². The highest BCUT2D eigenvalue weighted by Gasteiger charge is 2.29. The van der Waals surface area contributed by atoms with Gasteiger partial charge in [-0.15, -0.1) is 0 Å². The lowest BCUT2D eigenvalue weighted by Gasteiger charge is -2.13. The minimum absolute atomic E-state index is 0.0585. The molecule has 1 heterocycles. The Morgan fingerprint density at radius 1 is 0.814 bits per heavy atom. The van der Waals surface area contributed by atoms with E-state index in [2.05, 4.69) is 29.9 Å². The molecule has 1 N–H and O–H groups in total. The molecule has 4 heteroatoms. The van der Waals surface area contributed by atoms with Crippen LogP contribution in [0.4, 0.5) is 10.1 Å². The molecule has 0 unspecified atom stereocenters. The van der Waals surface area contributed by atoms with Crippen LogP contribution in [0.15, 0.2) is 102 Å². The molecule has 0 saturated heterocycles. The van der Waals surface area contributed by atoms with Gasteiger partial charge in [0.2, 0.25) is 0 Å². The van der Waals surface area contributed by atoms with Gasteiger partial charge in [-0.25, -0.2) is 4.39 Å². The van der Waals surface area contributed by atoms with Crippen LogP contribution in [-0.2, 0) is 11.2 Å². The third kappa shape index (κ3) is 5.18. The number of nitrogens with one attached hydrogen (secondary N) is 1. The summed E-state index contributed by atoms with van der Waals surface area (Å²) >= 11 is 0. The van der Waals surface area contributed by atoms with E-state index in [9.17, 15) is 9.59 Å². The number of hydrogen-bond acceptors (Lipinski definition) is 2. The van der Waals surface area contributed by atoms with Gasteiger partial charge < -0.3 is 5.32 Å². The largest absolute Gasteiger partial charge is 0.321 e. The molecule has 4 aromatic rings. The van der Waals surface area contributed by atoms with Crippen molar-refractivity contribution in [2.75, 3.05) is 5.32 Å². The first-order valence-corrected chi connectivity index (χ1v) is 14.7. The van der Waals surface area contributed by atoms with Gasteiger partial charge in [0.25, 0.3) is 5.91 Å². The van der Waals surface area contributed by atoms with Crippen LogP contribution in [0.5, 0.6) is 0 Å². The third-order valence-corrected chi connectivity index (χ3v) is 8.57. The summed E-state index contributed by atoms with van der Waals surface area (Å²) in [6, 6.07) is 25.5. The number of hydrogen-bond donors (Lipinski definition) is 1. The normalized spacial score (nSPS) is 15.8. The van der Waals surface area contributed by atoms with Gasteiger partial charge in [0.15, 0.2) is 5.78 Å². The fourth-order valence-electron chi connectivity index (χ4n) is 5.99. The molecular formula is C39H30FNO2. The van der Waals surface area contributed by atoms with E-state index in [1.54, 1.807) is 0 Å². The lowest BCUT2D eigenvalue weighted by Crippen LogP contribution is -2.07. The van der Waals surface area contributed by atoms with E-state index in [1.807, 2.05) is 87.0 Å². The first kappa shape index (κ1) is 27.0. The Morgan fingerprint density at radius 3 is 2.19 bits per heavy atom. The molecule has 1 amide bonds. The van der Waals surface area contributed by atoms with Crippen LogP contribution >= 0.6 is 0 Å². The average molecular weight is 564 g/mol. The van der Waals surface area contributed by atoms with Crippen LogP contribution in [0, 0.1) is 25.6 Å². The summed E-state index contributed by atoms with van der Waals surface area (Å²) in [5.74, 6) is -0.509. The van der Waals surface area contributed by atoms with E-state index < -0.39 is 0 Å². The molecule has 2 aliphatic carbocycles. The summed E-state index contributed by atoms with van der Waals surface area (Å²) in [7, 11) is 0. The predicted molar refractivity (Wildman–Crippen MR) is 172 cm³/mol. The molecule has 0 spiro atoms. The topological polar surface area (TPSA) is 46.2 Å². The number of ketones is 1. The third-order valence-electron chi connectivity index (χ3n) is 8.57.